The van der Waals surface area contributed by atoms with Crippen molar-refractivity contribution in [1.29, 1.82) is 0 Å². The van der Waals surface area contributed by atoms with Crippen molar-refractivity contribution in [2.24, 2.45) is 5.92 Å². The van der Waals surface area contributed by atoms with E-state index in [1.165, 1.54) is 16.0 Å². The van der Waals surface area contributed by atoms with Gasteiger partial charge in [0.05, 0.1) is 20.3 Å². The van der Waals surface area contributed by atoms with Crippen LogP contribution in [0.1, 0.15) is 44.7 Å². The third kappa shape index (κ3) is 5.68. The molecule has 1 saturated heterocycles. The summed E-state index contributed by atoms with van der Waals surface area (Å²) in [6.07, 6.45) is 0. The largest absolute Gasteiger partial charge is 0.378 e. The van der Waals surface area contributed by atoms with Crippen LogP contribution in [0, 0.1) is 10.7 Å². The van der Waals surface area contributed by atoms with Gasteiger partial charge in [0.2, 0.25) is 10.7 Å². The summed E-state index contributed by atoms with van der Waals surface area (Å²) in [7, 11) is 2.20. The molecule has 2 aromatic rings. The molecule has 2 heterocycles. The van der Waals surface area contributed by atoms with Crippen LogP contribution in [0.15, 0.2) is 24.3 Å². The van der Waals surface area contributed by atoms with Crippen molar-refractivity contribution in [1.82, 2.24) is 14.3 Å². The minimum atomic E-state index is 0.517. The Morgan fingerprint density at radius 3 is 2.34 bits per heavy atom. The lowest BCUT2D eigenvalue weighted by Crippen LogP contribution is -3.07. The van der Waals surface area contributed by atoms with E-state index in [1.54, 1.807) is 0 Å². The van der Waals surface area contributed by atoms with Crippen molar-refractivity contribution in [2.45, 2.75) is 53.4 Å². The first-order chi connectivity index (χ1) is 13.8. The lowest BCUT2D eigenvalue weighted by molar-refractivity contribution is -0.917. The van der Waals surface area contributed by atoms with Gasteiger partial charge >= 0.3 is 0 Å². The second kappa shape index (κ2) is 9.87. The number of ether oxygens (including phenoxy) is 1. The van der Waals surface area contributed by atoms with E-state index in [9.17, 15) is 0 Å². The Balaban J connectivity index is 1.75. The molecular weight excluding hydrogens is 382 g/mol. The number of benzene rings is 1. The van der Waals surface area contributed by atoms with Crippen LogP contribution in [0.25, 0.3) is 0 Å². The van der Waals surface area contributed by atoms with Gasteiger partial charge in [-0.05, 0) is 29.6 Å². The van der Waals surface area contributed by atoms with Crippen LogP contribution >= 0.6 is 12.2 Å². The first-order valence-corrected chi connectivity index (χ1v) is 11.2. The minimum Gasteiger partial charge on any atom is -0.378 e. The van der Waals surface area contributed by atoms with E-state index in [2.05, 4.69) is 68.5 Å². The second-order valence-electron chi connectivity index (χ2n) is 8.87. The average Bonchev–Trinajstić information content (AvgIpc) is 2.98. The molecule has 1 atom stereocenters. The van der Waals surface area contributed by atoms with Crippen LogP contribution in [0.5, 0.6) is 0 Å². The van der Waals surface area contributed by atoms with Crippen LogP contribution in [-0.4, -0.2) is 47.7 Å². The number of hydrogen-bond acceptors (Lipinski definition) is 4. The molecule has 1 aliphatic rings. The Morgan fingerprint density at radius 2 is 1.76 bits per heavy atom. The number of nitrogens with one attached hydrogen (secondary N) is 1. The topological polar surface area (TPSA) is 39.7 Å². The van der Waals surface area contributed by atoms with Crippen molar-refractivity contribution in [3.05, 3.63) is 40.2 Å². The molecule has 0 saturated carbocycles. The molecule has 0 spiro atoms. The van der Waals surface area contributed by atoms with Crippen LogP contribution < -0.4 is 9.80 Å². The molecule has 0 bridgehead atoms. The van der Waals surface area contributed by atoms with Crippen molar-refractivity contribution >= 4 is 18.2 Å². The lowest BCUT2D eigenvalue weighted by atomic mass is 10.0. The van der Waals surface area contributed by atoms with E-state index >= 15 is 0 Å². The fourth-order valence-corrected chi connectivity index (χ4v) is 4.00. The lowest BCUT2D eigenvalue weighted by Gasteiger charge is -2.28. The summed E-state index contributed by atoms with van der Waals surface area (Å²) < 4.78 is 10.5. The molecule has 7 heteroatoms. The molecule has 6 nitrogen and oxygen atoms in total. The van der Waals surface area contributed by atoms with Crippen LogP contribution in [0.4, 0.5) is 5.95 Å². The molecule has 0 radical (unpaired) electrons. The third-order valence-electron chi connectivity index (χ3n) is 5.32. The summed E-state index contributed by atoms with van der Waals surface area (Å²) in [6, 6.07) is 8.98. The molecule has 1 aromatic heterocycles. The van der Waals surface area contributed by atoms with Crippen molar-refractivity contribution in [3.8, 4) is 0 Å². The van der Waals surface area contributed by atoms with E-state index < -0.39 is 0 Å². The molecule has 1 aliphatic heterocycles. The molecular formula is C22H36N5OS+. The molecule has 3 rings (SSSR count). The van der Waals surface area contributed by atoms with Gasteiger partial charge in [-0.2, -0.15) is 4.68 Å². The number of anilines is 1. The van der Waals surface area contributed by atoms with Gasteiger partial charge in [-0.1, -0.05) is 52.0 Å². The first kappa shape index (κ1) is 22.0. The van der Waals surface area contributed by atoms with Gasteiger partial charge in [-0.15, -0.1) is 5.10 Å². The summed E-state index contributed by atoms with van der Waals surface area (Å²) in [4.78, 5) is 3.67. The Labute approximate surface area is 180 Å². The SMILES string of the molecule is CC(C)Cn1c(N2CCOCC2)nn(C[NH+](C)Cc2ccc(C(C)C)cc2)c1=S. The average molecular weight is 419 g/mol. The molecule has 1 N–H and O–H groups in total. The third-order valence-corrected chi connectivity index (χ3v) is 5.75. The highest BCUT2D eigenvalue weighted by Crippen LogP contribution is 2.17. The molecule has 0 amide bonds. The van der Waals surface area contributed by atoms with Gasteiger partial charge in [0.1, 0.15) is 6.54 Å². The molecule has 1 unspecified atom stereocenters. The van der Waals surface area contributed by atoms with Gasteiger partial charge < -0.3 is 14.5 Å². The van der Waals surface area contributed by atoms with Crippen LogP contribution in [0.2, 0.25) is 0 Å². The standard InChI is InChI=1S/C22H35N5OS/c1-17(2)14-26-21(25-10-12-28-13-11-25)23-27(22(26)29)16-24(5)15-19-6-8-20(9-7-19)18(3)4/h6-9,17-18H,10-16H2,1-5H3/p+1. The molecule has 1 aromatic carbocycles. The van der Waals surface area contributed by atoms with Gasteiger partial charge in [-0.3, -0.25) is 4.57 Å². The number of rotatable bonds is 8. The number of nitrogens with zero attached hydrogens (tertiary/aromatic N) is 4. The van der Waals surface area contributed by atoms with Gasteiger partial charge in [-0.25, -0.2) is 0 Å². The summed E-state index contributed by atoms with van der Waals surface area (Å²) in [5.74, 6) is 2.07. The Bertz CT molecular complexity index is 834. The van der Waals surface area contributed by atoms with Crippen LogP contribution in [-0.2, 0) is 24.5 Å². The fourth-order valence-electron chi connectivity index (χ4n) is 3.74. The van der Waals surface area contributed by atoms with E-state index in [0.29, 0.717) is 11.8 Å². The maximum Gasteiger partial charge on any atom is 0.226 e. The highest BCUT2D eigenvalue weighted by Gasteiger charge is 2.21. The summed E-state index contributed by atoms with van der Waals surface area (Å²) in [6.45, 7) is 14.7. The zero-order valence-electron chi connectivity index (χ0n) is 18.5. The maximum absolute atomic E-state index is 5.82. The second-order valence-corrected chi connectivity index (χ2v) is 9.24. The highest BCUT2D eigenvalue weighted by atomic mass is 32.1. The highest BCUT2D eigenvalue weighted by molar-refractivity contribution is 7.71. The number of aromatic nitrogens is 3. The monoisotopic (exact) mass is 418 g/mol. The Morgan fingerprint density at radius 1 is 1.10 bits per heavy atom. The van der Waals surface area contributed by atoms with E-state index in [0.717, 1.165) is 56.8 Å². The molecule has 1 fully saturated rings. The predicted octanol–water partition coefficient (Wildman–Crippen LogP) is 2.70. The minimum absolute atomic E-state index is 0.517. The quantitative estimate of drug-likeness (QED) is 0.669. The summed E-state index contributed by atoms with van der Waals surface area (Å²) in [5, 5.41) is 4.93. The maximum atomic E-state index is 5.82. The van der Waals surface area contributed by atoms with E-state index in [4.69, 9.17) is 22.1 Å². The smallest absolute Gasteiger partial charge is 0.226 e. The fraction of sp³-hybridized carbons (Fsp3) is 0.636. The molecule has 0 aliphatic carbocycles. The van der Waals surface area contributed by atoms with Crippen LogP contribution in [0.3, 0.4) is 0 Å². The van der Waals surface area contributed by atoms with Crippen molar-refractivity contribution in [3.63, 3.8) is 0 Å². The van der Waals surface area contributed by atoms with Gasteiger partial charge in [0, 0.05) is 25.2 Å². The summed E-state index contributed by atoms with van der Waals surface area (Å²) >= 11 is 5.82. The van der Waals surface area contributed by atoms with Crippen molar-refractivity contribution in [2.75, 3.05) is 38.3 Å². The zero-order valence-corrected chi connectivity index (χ0v) is 19.3. The Kier molecular flexibility index (Phi) is 7.49. The predicted molar refractivity (Wildman–Crippen MR) is 120 cm³/mol. The zero-order chi connectivity index (χ0) is 21.0. The number of morpholine rings is 1. The van der Waals surface area contributed by atoms with Crippen molar-refractivity contribution < 1.29 is 9.64 Å². The van der Waals surface area contributed by atoms with Gasteiger partial charge in [0.15, 0.2) is 6.67 Å². The summed E-state index contributed by atoms with van der Waals surface area (Å²) in [5.41, 5.74) is 2.73. The number of hydrogen-bond donors (Lipinski definition) is 1. The molecule has 29 heavy (non-hydrogen) atoms. The first-order valence-electron chi connectivity index (χ1n) is 10.8. The molecule has 160 valence electrons. The van der Waals surface area contributed by atoms with E-state index in [-0.39, 0.29) is 0 Å². The number of quaternary nitrogens is 1. The van der Waals surface area contributed by atoms with Gasteiger partial charge in [0.25, 0.3) is 0 Å². The normalized spacial score (nSPS) is 16.0. The Hall–Kier alpha value is -1.70. The van der Waals surface area contributed by atoms with E-state index in [1.807, 2.05) is 4.68 Å².